The second kappa shape index (κ2) is 9.88. The monoisotopic (exact) mass is 369 g/mol. The summed E-state index contributed by atoms with van der Waals surface area (Å²) in [4.78, 5) is 24.3. The van der Waals surface area contributed by atoms with Crippen LogP contribution in [0.25, 0.3) is 0 Å². The maximum absolute atomic E-state index is 12.3. The molecule has 1 amide bonds. The molecule has 0 aliphatic rings. The second-order valence-electron chi connectivity index (χ2n) is 6.82. The van der Waals surface area contributed by atoms with E-state index in [1.54, 1.807) is 24.3 Å². The zero-order valence-electron chi connectivity index (χ0n) is 16.1. The average Bonchev–Trinajstić information content (AvgIpc) is 2.70. The van der Waals surface area contributed by atoms with Crippen LogP contribution in [-0.4, -0.2) is 23.6 Å². The summed E-state index contributed by atoms with van der Waals surface area (Å²) in [5.74, 6) is -0.709. The third-order valence-electron chi connectivity index (χ3n) is 4.44. The molecule has 0 aliphatic carbocycles. The van der Waals surface area contributed by atoms with E-state index in [1.807, 2.05) is 26.0 Å². The summed E-state index contributed by atoms with van der Waals surface area (Å²) in [5, 5.41) is 12.0. The summed E-state index contributed by atoms with van der Waals surface area (Å²) < 4.78 is 5.10. The molecule has 0 fully saturated rings. The van der Waals surface area contributed by atoms with Crippen LogP contribution in [0, 0.1) is 5.92 Å². The first-order chi connectivity index (χ1) is 12.9. The van der Waals surface area contributed by atoms with Gasteiger partial charge in [0.1, 0.15) is 0 Å². The van der Waals surface area contributed by atoms with Gasteiger partial charge in [0.25, 0.3) is 5.91 Å². The lowest BCUT2D eigenvalue weighted by Gasteiger charge is -2.23. The fraction of sp³-hybridized carbons (Fsp3) is 0.364. The topological polar surface area (TPSA) is 75.6 Å². The molecule has 0 bridgehead atoms. The normalized spacial score (nSPS) is 11.9. The molecule has 0 saturated carbocycles. The van der Waals surface area contributed by atoms with Crippen LogP contribution >= 0.6 is 0 Å². The van der Waals surface area contributed by atoms with E-state index < -0.39 is 5.97 Å². The van der Waals surface area contributed by atoms with Crippen molar-refractivity contribution in [2.75, 3.05) is 6.61 Å². The SMILES string of the molecule is CCc1ccc([C@H](NC(=O)COC(=O)c2ccc(CO)cc2)C(C)C)cc1. The summed E-state index contributed by atoms with van der Waals surface area (Å²) in [5.41, 5.74) is 3.32. The zero-order chi connectivity index (χ0) is 19.8. The fourth-order valence-electron chi connectivity index (χ4n) is 2.77. The second-order valence-corrected chi connectivity index (χ2v) is 6.82. The Kier molecular flexibility index (Phi) is 7.55. The van der Waals surface area contributed by atoms with Gasteiger partial charge in [-0.15, -0.1) is 0 Å². The van der Waals surface area contributed by atoms with Gasteiger partial charge in [-0.2, -0.15) is 0 Å². The van der Waals surface area contributed by atoms with Gasteiger partial charge in [-0.1, -0.05) is 57.2 Å². The van der Waals surface area contributed by atoms with Crippen LogP contribution < -0.4 is 5.32 Å². The number of carbonyl (C=O) groups excluding carboxylic acids is 2. The van der Waals surface area contributed by atoms with Gasteiger partial charge in [0.2, 0.25) is 0 Å². The predicted octanol–water partition coefficient (Wildman–Crippen LogP) is 3.41. The number of carbonyl (C=O) groups is 2. The van der Waals surface area contributed by atoms with Crippen LogP contribution in [-0.2, 0) is 22.6 Å². The van der Waals surface area contributed by atoms with E-state index in [9.17, 15) is 9.59 Å². The summed E-state index contributed by atoms with van der Waals surface area (Å²) in [6, 6.07) is 14.5. The summed E-state index contributed by atoms with van der Waals surface area (Å²) in [7, 11) is 0. The van der Waals surface area contributed by atoms with Crippen LogP contribution in [0.3, 0.4) is 0 Å². The molecular weight excluding hydrogens is 342 g/mol. The minimum atomic E-state index is -0.567. The molecule has 2 N–H and O–H groups in total. The smallest absolute Gasteiger partial charge is 0.338 e. The molecule has 27 heavy (non-hydrogen) atoms. The van der Waals surface area contributed by atoms with Crippen molar-refractivity contribution in [3.8, 4) is 0 Å². The highest BCUT2D eigenvalue weighted by Crippen LogP contribution is 2.22. The molecule has 5 heteroatoms. The van der Waals surface area contributed by atoms with Crippen LogP contribution in [0.15, 0.2) is 48.5 Å². The molecule has 2 aromatic rings. The van der Waals surface area contributed by atoms with Gasteiger partial charge in [-0.05, 0) is 41.2 Å². The maximum Gasteiger partial charge on any atom is 0.338 e. The number of aliphatic hydroxyl groups excluding tert-OH is 1. The number of aryl methyl sites for hydroxylation is 1. The summed E-state index contributed by atoms with van der Waals surface area (Å²) in [6.45, 7) is 5.74. The van der Waals surface area contributed by atoms with E-state index in [0.717, 1.165) is 12.0 Å². The Morgan fingerprint density at radius 2 is 1.59 bits per heavy atom. The van der Waals surface area contributed by atoms with Crippen LogP contribution in [0.4, 0.5) is 0 Å². The number of nitrogens with one attached hydrogen (secondary N) is 1. The van der Waals surface area contributed by atoms with Crippen molar-refractivity contribution in [1.82, 2.24) is 5.32 Å². The number of esters is 1. The van der Waals surface area contributed by atoms with Gasteiger partial charge < -0.3 is 15.2 Å². The Morgan fingerprint density at radius 3 is 2.11 bits per heavy atom. The van der Waals surface area contributed by atoms with Crippen molar-refractivity contribution in [3.63, 3.8) is 0 Å². The molecule has 0 aromatic heterocycles. The van der Waals surface area contributed by atoms with E-state index in [2.05, 4.69) is 24.4 Å². The van der Waals surface area contributed by atoms with E-state index in [0.29, 0.717) is 11.1 Å². The lowest BCUT2D eigenvalue weighted by molar-refractivity contribution is -0.125. The summed E-state index contributed by atoms with van der Waals surface area (Å²) >= 11 is 0. The van der Waals surface area contributed by atoms with Gasteiger partial charge in [-0.3, -0.25) is 4.79 Å². The molecule has 1 atom stereocenters. The number of aliphatic hydroxyl groups is 1. The van der Waals surface area contributed by atoms with E-state index in [-0.39, 0.29) is 31.1 Å². The van der Waals surface area contributed by atoms with Gasteiger partial charge in [0, 0.05) is 0 Å². The molecule has 2 rings (SSSR count). The van der Waals surface area contributed by atoms with Gasteiger partial charge in [0.05, 0.1) is 18.2 Å². The molecule has 144 valence electrons. The van der Waals surface area contributed by atoms with Crippen molar-refractivity contribution in [3.05, 3.63) is 70.8 Å². The van der Waals surface area contributed by atoms with Crippen molar-refractivity contribution in [2.45, 2.75) is 39.8 Å². The van der Waals surface area contributed by atoms with Crippen LogP contribution in [0.5, 0.6) is 0 Å². The number of benzene rings is 2. The van der Waals surface area contributed by atoms with Gasteiger partial charge >= 0.3 is 5.97 Å². The maximum atomic E-state index is 12.3. The number of ether oxygens (including phenoxy) is 1. The average molecular weight is 369 g/mol. The van der Waals surface area contributed by atoms with Crippen LogP contribution in [0.1, 0.15) is 53.9 Å². The molecule has 0 radical (unpaired) electrons. The van der Waals surface area contributed by atoms with Crippen molar-refractivity contribution >= 4 is 11.9 Å². The highest BCUT2D eigenvalue weighted by Gasteiger charge is 2.19. The number of amides is 1. The molecular formula is C22H27NO4. The molecule has 0 heterocycles. The van der Waals surface area contributed by atoms with Crippen molar-refractivity contribution in [2.24, 2.45) is 5.92 Å². The van der Waals surface area contributed by atoms with E-state index >= 15 is 0 Å². The van der Waals surface area contributed by atoms with E-state index in [4.69, 9.17) is 9.84 Å². The highest BCUT2D eigenvalue weighted by atomic mass is 16.5. The quantitative estimate of drug-likeness (QED) is 0.699. The third-order valence-corrected chi connectivity index (χ3v) is 4.44. The Balaban J connectivity index is 1.93. The standard InChI is InChI=1S/C22H27NO4/c1-4-16-5-9-18(10-6-16)21(15(2)3)23-20(25)14-27-22(26)19-11-7-17(13-24)8-12-19/h5-12,15,21,24H,4,13-14H2,1-3H3,(H,23,25)/t21-/m1/s1. The Labute approximate surface area is 160 Å². The minimum absolute atomic E-state index is 0.0897. The predicted molar refractivity (Wildman–Crippen MR) is 104 cm³/mol. The Morgan fingerprint density at radius 1 is 1.00 bits per heavy atom. The molecule has 0 unspecified atom stereocenters. The van der Waals surface area contributed by atoms with Crippen LogP contribution in [0.2, 0.25) is 0 Å². The van der Waals surface area contributed by atoms with Gasteiger partial charge in [0.15, 0.2) is 6.61 Å². The first-order valence-electron chi connectivity index (χ1n) is 9.19. The lowest BCUT2D eigenvalue weighted by atomic mass is 9.95. The number of hydrogen-bond acceptors (Lipinski definition) is 4. The third kappa shape index (κ3) is 5.93. The molecule has 5 nitrogen and oxygen atoms in total. The first-order valence-corrected chi connectivity index (χ1v) is 9.19. The fourth-order valence-corrected chi connectivity index (χ4v) is 2.77. The minimum Gasteiger partial charge on any atom is -0.452 e. The Hall–Kier alpha value is -2.66. The molecule has 0 saturated heterocycles. The van der Waals surface area contributed by atoms with Crippen molar-refractivity contribution in [1.29, 1.82) is 0 Å². The largest absolute Gasteiger partial charge is 0.452 e. The zero-order valence-corrected chi connectivity index (χ0v) is 16.1. The van der Waals surface area contributed by atoms with Crippen molar-refractivity contribution < 1.29 is 19.4 Å². The molecule has 0 spiro atoms. The lowest BCUT2D eigenvalue weighted by Crippen LogP contribution is -2.35. The Bertz CT molecular complexity index is 751. The van der Waals surface area contributed by atoms with E-state index in [1.165, 1.54) is 5.56 Å². The molecule has 2 aromatic carbocycles. The first kappa shape index (κ1) is 20.6. The molecule has 0 aliphatic heterocycles. The highest BCUT2D eigenvalue weighted by molar-refractivity contribution is 5.91. The van der Waals surface area contributed by atoms with Gasteiger partial charge in [-0.25, -0.2) is 4.79 Å². The number of rotatable bonds is 8. The summed E-state index contributed by atoms with van der Waals surface area (Å²) in [6.07, 6.45) is 0.966. The number of hydrogen-bond donors (Lipinski definition) is 2.